The van der Waals surface area contributed by atoms with Crippen molar-refractivity contribution in [3.8, 4) is 0 Å². The number of aromatic nitrogens is 2. The van der Waals surface area contributed by atoms with Gasteiger partial charge in [-0.1, -0.05) is 12.1 Å². The van der Waals surface area contributed by atoms with Gasteiger partial charge in [0.25, 0.3) is 0 Å². The minimum absolute atomic E-state index is 0.504. The van der Waals surface area contributed by atoms with E-state index in [2.05, 4.69) is 9.72 Å². The van der Waals surface area contributed by atoms with E-state index >= 15 is 0 Å². The zero-order valence-corrected chi connectivity index (χ0v) is 9.04. The smallest absolute Gasteiger partial charge is 0.339 e. The predicted octanol–water partition coefficient (Wildman–Crippen LogP) is 0.780. The summed E-state index contributed by atoms with van der Waals surface area (Å²) in [4.78, 5) is 15.4. The molecule has 0 saturated heterocycles. The SMILES string of the molecule is COC(=O)C(O)c1cccc2ncn(C)c12. The van der Waals surface area contributed by atoms with Gasteiger partial charge in [0.15, 0.2) is 6.10 Å². The van der Waals surface area contributed by atoms with Crippen LogP contribution in [0.3, 0.4) is 0 Å². The first-order valence-corrected chi connectivity index (χ1v) is 4.81. The van der Waals surface area contributed by atoms with Crippen molar-refractivity contribution in [1.82, 2.24) is 9.55 Å². The number of nitrogens with zero attached hydrogens (tertiary/aromatic N) is 2. The third-order valence-electron chi connectivity index (χ3n) is 2.49. The van der Waals surface area contributed by atoms with Crippen LogP contribution in [-0.4, -0.2) is 27.7 Å². The highest BCUT2D eigenvalue weighted by molar-refractivity contribution is 5.86. The van der Waals surface area contributed by atoms with E-state index in [0.29, 0.717) is 5.56 Å². The average molecular weight is 220 g/mol. The quantitative estimate of drug-likeness (QED) is 0.759. The fourth-order valence-corrected chi connectivity index (χ4v) is 1.70. The Morgan fingerprint density at radius 2 is 2.31 bits per heavy atom. The molecule has 2 aromatic rings. The largest absolute Gasteiger partial charge is 0.467 e. The van der Waals surface area contributed by atoms with Crippen LogP contribution in [-0.2, 0) is 16.6 Å². The second kappa shape index (κ2) is 3.94. The van der Waals surface area contributed by atoms with E-state index < -0.39 is 12.1 Å². The van der Waals surface area contributed by atoms with Crippen LogP contribution in [0.25, 0.3) is 11.0 Å². The predicted molar refractivity (Wildman–Crippen MR) is 57.7 cm³/mol. The number of hydrogen-bond acceptors (Lipinski definition) is 4. The molecule has 1 aromatic carbocycles. The number of aryl methyl sites for hydroxylation is 1. The van der Waals surface area contributed by atoms with Gasteiger partial charge in [-0.15, -0.1) is 0 Å². The number of hydrogen-bond donors (Lipinski definition) is 1. The standard InChI is InChI=1S/C11H12N2O3/c1-13-6-12-8-5-3-4-7(9(8)13)10(14)11(15)16-2/h3-6,10,14H,1-2H3. The van der Waals surface area contributed by atoms with E-state index in [1.54, 1.807) is 23.0 Å². The highest BCUT2D eigenvalue weighted by Crippen LogP contribution is 2.23. The summed E-state index contributed by atoms with van der Waals surface area (Å²) in [5.41, 5.74) is 1.98. The topological polar surface area (TPSA) is 64.3 Å². The van der Waals surface area contributed by atoms with E-state index in [1.807, 2.05) is 13.1 Å². The fourth-order valence-electron chi connectivity index (χ4n) is 1.70. The van der Waals surface area contributed by atoms with Crippen LogP contribution in [0.1, 0.15) is 11.7 Å². The molecule has 0 saturated carbocycles. The maximum absolute atomic E-state index is 11.3. The van der Waals surface area contributed by atoms with Crippen molar-refractivity contribution >= 4 is 17.0 Å². The first-order valence-electron chi connectivity index (χ1n) is 4.81. The summed E-state index contributed by atoms with van der Waals surface area (Å²) in [5, 5.41) is 9.81. The lowest BCUT2D eigenvalue weighted by Crippen LogP contribution is -2.14. The fraction of sp³-hybridized carbons (Fsp3) is 0.273. The van der Waals surface area contributed by atoms with E-state index in [4.69, 9.17) is 0 Å². The Balaban J connectivity index is 2.59. The molecule has 84 valence electrons. The number of methoxy groups -OCH3 is 1. The lowest BCUT2D eigenvalue weighted by molar-refractivity contribution is -0.150. The Morgan fingerprint density at radius 1 is 1.56 bits per heavy atom. The summed E-state index contributed by atoms with van der Waals surface area (Å²) in [6.45, 7) is 0. The second-order valence-corrected chi connectivity index (χ2v) is 3.50. The number of carbonyl (C=O) groups excluding carboxylic acids is 1. The Kier molecular flexibility index (Phi) is 2.62. The summed E-state index contributed by atoms with van der Waals surface area (Å²) in [7, 11) is 3.05. The highest BCUT2D eigenvalue weighted by Gasteiger charge is 2.21. The number of fused-ring (bicyclic) bond motifs is 1. The van der Waals surface area contributed by atoms with E-state index in [1.165, 1.54) is 7.11 Å². The summed E-state index contributed by atoms with van der Waals surface area (Å²) < 4.78 is 6.27. The van der Waals surface area contributed by atoms with Crippen LogP contribution < -0.4 is 0 Å². The second-order valence-electron chi connectivity index (χ2n) is 3.50. The van der Waals surface area contributed by atoms with Gasteiger partial charge in [-0.3, -0.25) is 0 Å². The zero-order chi connectivity index (χ0) is 11.7. The Morgan fingerprint density at radius 3 is 3.00 bits per heavy atom. The molecule has 1 unspecified atom stereocenters. The van der Waals surface area contributed by atoms with Crippen LogP contribution in [0.5, 0.6) is 0 Å². The number of carbonyl (C=O) groups is 1. The number of para-hydroxylation sites is 1. The average Bonchev–Trinajstić information content (AvgIpc) is 2.69. The normalized spacial score (nSPS) is 12.7. The summed E-state index contributed by atoms with van der Waals surface area (Å²) >= 11 is 0. The van der Waals surface area contributed by atoms with Crippen molar-refractivity contribution in [2.24, 2.45) is 7.05 Å². The minimum Gasteiger partial charge on any atom is -0.467 e. The van der Waals surface area contributed by atoms with Crippen LogP contribution >= 0.6 is 0 Å². The van der Waals surface area contributed by atoms with Gasteiger partial charge in [0.1, 0.15) is 0 Å². The van der Waals surface area contributed by atoms with Crippen LogP contribution in [0, 0.1) is 0 Å². The van der Waals surface area contributed by atoms with Gasteiger partial charge in [0.05, 0.1) is 24.5 Å². The summed E-state index contributed by atoms with van der Waals surface area (Å²) in [5.74, 6) is -0.672. The molecule has 0 aliphatic rings. The van der Waals surface area contributed by atoms with Crippen LogP contribution in [0.4, 0.5) is 0 Å². The van der Waals surface area contributed by atoms with E-state index in [-0.39, 0.29) is 0 Å². The number of rotatable bonds is 2. The molecule has 0 fully saturated rings. The van der Waals surface area contributed by atoms with Crippen molar-refractivity contribution in [3.63, 3.8) is 0 Å². The van der Waals surface area contributed by atoms with Crippen LogP contribution in [0.2, 0.25) is 0 Å². The third kappa shape index (κ3) is 1.55. The van der Waals surface area contributed by atoms with Gasteiger partial charge in [-0.2, -0.15) is 0 Å². The molecule has 0 radical (unpaired) electrons. The number of esters is 1. The number of ether oxygens (including phenoxy) is 1. The molecule has 0 amide bonds. The molecular weight excluding hydrogens is 208 g/mol. The molecule has 0 aliphatic carbocycles. The lowest BCUT2D eigenvalue weighted by Gasteiger charge is -2.10. The molecule has 5 nitrogen and oxygen atoms in total. The molecule has 2 rings (SSSR count). The molecule has 0 spiro atoms. The van der Waals surface area contributed by atoms with Crippen molar-refractivity contribution in [1.29, 1.82) is 0 Å². The number of benzene rings is 1. The molecule has 1 heterocycles. The number of aliphatic hydroxyl groups is 1. The van der Waals surface area contributed by atoms with Gasteiger partial charge in [0.2, 0.25) is 0 Å². The zero-order valence-electron chi connectivity index (χ0n) is 9.04. The van der Waals surface area contributed by atoms with Crippen LogP contribution in [0.15, 0.2) is 24.5 Å². The van der Waals surface area contributed by atoms with Crippen molar-refractivity contribution < 1.29 is 14.6 Å². The molecule has 0 aliphatic heterocycles. The van der Waals surface area contributed by atoms with E-state index in [9.17, 15) is 9.90 Å². The Hall–Kier alpha value is -1.88. The van der Waals surface area contributed by atoms with E-state index in [0.717, 1.165) is 11.0 Å². The van der Waals surface area contributed by atoms with Gasteiger partial charge < -0.3 is 14.4 Å². The summed E-state index contributed by atoms with van der Waals surface area (Å²) in [6, 6.07) is 5.26. The molecule has 1 aromatic heterocycles. The van der Waals surface area contributed by atoms with Crippen molar-refractivity contribution in [2.45, 2.75) is 6.10 Å². The van der Waals surface area contributed by atoms with Gasteiger partial charge in [-0.05, 0) is 6.07 Å². The molecular formula is C11H12N2O3. The maximum Gasteiger partial charge on any atom is 0.339 e. The Bertz CT molecular complexity index is 533. The Labute approximate surface area is 92.3 Å². The molecule has 0 bridgehead atoms. The van der Waals surface area contributed by atoms with Crippen molar-refractivity contribution in [2.75, 3.05) is 7.11 Å². The molecule has 1 atom stereocenters. The van der Waals surface area contributed by atoms with Gasteiger partial charge in [0, 0.05) is 12.6 Å². The van der Waals surface area contributed by atoms with Crippen molar-refractivity contribution in [3.05, 3.63) is 30.1 Å². The maximum atomic E-state index is 11.3. The monoisotopic (exact) mass is 220 g/mol. The summed E-state index contributed by atoms with van der Waals surface area (Å²) in [6.07, 6.45) is 0.363. The number of aliphatic hydroxyl groups excluding tert-OH is 1. The molecule has 1 N–H and O–H groups in total. The lowest BCUT2D eigenvalue weighted by atomic mass is 10.1. The first kappa shape index (κ1) is 10.6. The van der Waals surface area contributed by atoms with Gasteiger partial charge in [-0.25, -0.2) is 9.78 Å². The van der Waals surface area contributed by atoms with Gasteiger partial charge >= 0.3 is 5.97 Å². The first-order chi connectivity index (χ1) is 7.65. The molecule has 5 heteroatoms. The number of imidazole rings is 1. The highest BCUT2D eigenvalue weighted by atomic mass is 16.5. The molecule has 16 heavy (non-hydrogen) atoms. The third-order valence-corrected chi connectivity index (χ3v) is 2.49. The minimum atomic E-state index is -1.27.